The van der Waals surface area contributed by atoms with Crippen molar-refractivity contribution < 1.29 is 9.66 Å². The molecule has 0 fully saturated rings. The highest BCUT2D eigenvalue weighted by Crippen LogP contribution is 2.32. The van der Waals surface area contributed by atoms with Crippen molar-refractivity contribution in [2.45, 2.75) is 0 Å². The Morgan fingerprint density at radius 3 is 2.38 bits per heavy atom. The van der Waals surface area contributed by atoms with Crippen LogP contribution in [0.1, 0.15) is 0 Å². The number of rotatable bonds is 6. The van der Waals surface area contributed by atoms with Gasteiger partial charge in [-0.25, -0.2) is 9.97 Å². The first-order valence-electron chi connectivity index (χ1n) is 9.59. The van der Waals surface area contributed by atoms with Gasteiger partial charge >= 0.3 is 5.69 Å². The molecule has 3 aromatic carbocycles. The maximum atomic E-state index is 11.9. The van der Waals surface area contributed by atoms with Gasteiger partial charge < -0.3 is 10.1 Å². The summed E-state index contributed by atoms with van der Waals surface area (Å²) in [5.41, 5.74) is 1.49. The predicted octanol–water partition coefficient (Wildman–Crippen LogP) is 4.65. The molecule has 0 aliphatic carbocycles. The number of aromatic nitrogens is 5. The van der Waals surface area contributed by atoms with E-state index in [-0.39, 0.29) is 17.3 Å². The first-order chi connectivity index (χ1) is 15.7. The minimum Gasteiger partial charge on any atom is -0.457 e. The lowest BCUT2D eigenvalue weighted by molar-refractivity contribution is -0.384. The molecule has 5 aromatic rings. The van der Waals surface area contributed by atoms with E-state index in [9.17, 15) is 10.1 Å². The highest BCUT2D eigenvalue weighted by molar-refractivity contribution is 5.78. The van der Waals surface area contributed by atoms with E-state index in [1.807, 2.05) is 36.4 Å². The number of fused-ring (bicyclic) bond motifs is 1. The maximum Gasteiger partial charge on any atom is 0.356 e. The predicted molar refractivity (Wildman–Crippen MR) is 117 cm³/mol. The highest BCUT2D eigenvalue weighted by Gasteiger charge is 2.26. The van der Waals surface area contributed by atoms with Crippen LogP contribution >= 0.6 is 0 Å². The van der Waals surface area contributed by atoms with Crippen LogP contribution in [0.4, 0.5) is 17.2 Å². The van der Waals surface area contributed by atoms with Gasteiger partial charge in [0.05, 0.1) is 10.4 Å². The number of para-hydroxylation sites is 2. The number of hydrogen-bond acceptors (Lipinski definition) is 8. The Morgan fingerprint density at radius 2 is 1.59 bits per heavy atom. The Morgan fingerprint density at radius 1 is 0.875 bits per heavy atom. The molecule has 10 heteroatoms. The lowest BCUT2D eigenvalue weighted by Gasteiger charge is -2.10. The molecule has 0 saturated heterocycles. The van der Waals surface area contributed by atoms with Crippen molar-refractivity contribution >= 4 is 28.2 Å². The molecule has 156 valence electrons. The lowest BCUT2D eigenvalue weighted by atomic mass is 10.3. The number of benzene rings is 3. The van der Waals surface area contributed by atoms with E-state index in [0.29, 0.717) is 28.2 Å². The SMILES string of the molecule is O=[N+]([O-])c1c(Nc2ccc(Oc3ccccc3)cc2)ncnc1-n1nnc2ccccc21. The van der Waals surface area contributed by atoms with Crippen LogP contribution in [-0.4, -0.2) is 29.9 Å². The third-order valence-corrected chi connectivity index (χ3v) is 4.63. The average molecular weight is 425 g/mol. The zero-order valence-electron chi connectivity index (χ0n) is 16.5. The molecule has 0 unspecified atom stereocenters. The summed E-state index contributed by atoms with van der Waals surface area (Å²) in [6.07, 6.45) is 1.24. The minimum atomic E-state index is -0.541. The molecule has 0 bridgehead atoms. The molecule has 0 aliphatic heterocycles. The summed E-state index contributed by atoms with van der Waals surface area (Å²) in [7, 11) is 0. The zero-order valence-corrected chi connectivity index (χ0v) is 16.5. The summed E-state index contributed by atoms with van der Waals surface area (Å²) in [5.74, 6) is 1.40. The van der Waals surface area contributed by atoms with Gasteiger partial charge in [-0.1, -0.05) is 35.5 Å². The molecular weight excluding hydrogens is 410 g/mol. The van der Waals surface area contributed by atoms with Gasteiger partial charge in [0.25, 0.3) is 0 Å². The maximum absolute atomic E-state index is 11.9. The van der Waals surface area contributed by atoms with Crippen molar-refractivity contribution in [3.05, 3.63) is 95.3 Å². The molecule has 32 heavy (non-hydrogen) atoms. The highest BCUT2D eigenvalue weighted by atomic mass is 16.6. The van der Waals surface area contributed by atoms with E-state index < -0.39 is 4.92 Å². The van der Waals surface area contributed by atoms with Gasteiger partial charge in [-0.3, -0.25) is 10.1 Å². The van der Waals surface area contributed by atoms with Gasteiger partial charge in [-0.05, 0) is 48.5 Å². The van der Waals surface area contributed by atoms with Crippen LogP contribution in [-0.2, 0) is 0 Å². The molecule has 0 spiro atoms. The monoisotopic (exact) mass is 425 g/mol. The van der Waals surface area contributed by atoms with Crippen molar-refractivity contribution in [1.82, 2.24) is 25.0 Å². The van der Waals surface area contributed by atoms with Crippen LogP contribution in [0.25, 0.3) is 16.9 Å². The molecule has 2 aromatic heterocycles. The molecule has 2 heterocycles. The number of nitrogens with one attached hydrogen (secondary N) is 1. The topological polar surface area (TPSA) is 121 Å². The summed E-state index contributed by atoms with van der Waals surface area (Å²) < 4.78 is 7.10. The van der Waals surface area contributed by atoms with Crippen LogP contribution in [0.2, 0.25) is 0 Å². The van der Waals surface area contributed by atoms with E-state index in [2.05, 4.69) is 25.6 Å². The Bertz CT molecular complexity index is 1400. The van der Waals surface area contributed by atoms with Crippen LogP contribution < -0.4 is 10.1 Å². The lowest BCUT2D eigenvalue weighted by Crippen LogP contribution is -2.08. The smallest absolute Gasteiger partial charge is 0.356 e. The van der Waals surface area contributed by atoms with Crippen molar-refractivity contribution in [3.63, 3.8) is 0 Å². The second kappa shape index (κ2) is 8.11. The van der Waals surface area contributed by atoms with Crippen LogP contribution in [0.3, 0.4) is 0 Å². The molecule has 0 saturated carbocycles. The molecule has 5 rings (SSSR count). The third-order valence-electron chi connectivity index (χ3n) is 4.63. The first kappa shape index (κ1) is 19.1. The fraction of sp³-hybridized carbons (Fsp3) is 0. The molecule has 0 aliphatic rings. The normalized spacial score (nSPS) is 10.8. The average Bonchev–Trinajstić information content (AvgIpc) is 3.25. The van der Waals surface area contributed by atoms with E-state index in [1.54, 1.807) is 42.5 Å². The Labute approximate surface area is 181 Å². The number of anilines is 2. The van der Waals surface area contributed by atoms with E-state index in [4.69, 9.17) is 4.74 Å². The first-order valence-corrected chi connectivity index (χ1v) is 9.59. The summed E-state index contributed by atoms with van der Waals surface area (Å²) in [6, 6.07) is 23.5. The third kappa shape index (κ3) is 3.67. The summed E-state index contributed by atoms with van der Waals surface area (Å²) in [6.45, 7) is 0. The van der Waals surface area contributed by atoms with Crippen LogP contribution in [0.15, 0.2) is 85.2 Å². The van der Waals surface area contributed by atoms with Crippen LogP contribution in [0.5, 0.6) is 11.5 Å². The van der Waals surface area contributed by atoms with Crippen LogP contribution in [0, 0.1) is 10.1 Å². The molecule has 10 nitrogen and oxygen atoms in total. The zero-order chi connectivity index (χ0) is 21.9. The van der Waals surface area contributed by atoms with Gasteiger partial charge in [-0.15, -0.1) is 5.10 Å². The standard InChI is InChI=1S/C22H15N7O3/c30-29(31)20-21(23-14-24-22(20)28-19-9-5-4-8-18(19)26-27-28)25-15-10-12-17(13-11-15)32-16-6-2-1-3-7-16/h1-14H,(H,23,24,25). The summed E-state index contributed by atoms with van der Waals surface area (Å²) in [4.78, 5) is 19.6. The number of nitro groups is 1. The van der Waals surface area contributed by atoms with Crippen molar-refractivity contribution in [1.29, 1.82) is 0 Å². The fourth-order valence-electron chi connectivity index (χ4n) is 3.18. The second-order valence-electron chi connectivity index (χ2n) is 6.71. The summed E-state index contributed by atoms with van der Waals surface area (Å²) in [5, 5.41) is 23.0. The van der Waals surface area contributed by atoms with Crippen molar-refractivity contribution in [3.8, 4) is 17.3 Å². The molecule has 0 amide bonds. The Balaban J connectivity index is 1.47. The minimum absolute atomic E-state index is 0.0187. The Kier molecular flexibility index (Phi) is 4.85. The van der Waals surface area contributed by atoms with Crippen molar-refractivity contribution in [2.24, 2.45) is 0 Å². The quantitative estimate of drug-likeness (QED) is 0.308. The largest absolute Gasteiger partial charge is 0.457 e. The van der Waals surface area contributed by atoms with Gasteiger partial charge in [-0.2, -0.15) is 4.68 Å². The summed E-state index contributed by atoms with van der Waals surface area (Å²) >= 11 is 0. The van der Waals surface area contributed by atoms with E-state index >= 15 is 0 Å². The molecule has 0 radical (unpaired) electrons. The fourth-order valence-corrected chi connectivity index (χ4v) is 3.18. The number of hydrogen-bond donors (Lipinski definition) is 1. The number of nitrogens with zero attached hydrogens (tertiary/aromatic N) is 6. The Hall–Kier alpha value is -4.86. The van der Waals surface area contributed by atoms with E-state index in [1.165, 1.54) is 11.0 Å². The van der Waals surface area contributed by atoms with Gasteiger partial charge in [0.15, 0.2) is 0 Å². The van der Waals surface area contributed by atoms with Gasteiger partial charge in [0, 0.05) is 5.69 Å². The molecule has 1 N–H and O–H groups in total. The molecule has 0 atom stereocenters. The molecular formula is C22H15N7O3. The second-order valence-corrected chi connectivity index (χ2v) is 6.71. The van der Waals surface area contributed by atoms with Gasteiger partial charge in [0.2, 0.25) is 11.6 Å². The number of ether oxygens (including phenoxy) is 1. The van der Waals surface area contributed by atoms with Crippen molar-refractivity contribution in [2.75, 3.05) is 5.32 Å². The van der Waals surface area contributed by atoms with Gasteiger partial charge in [0.1, 0.15) is 23.3 Å². The van der Waals surface area contributed by atoms with E-state index in [0.717, 1.165) is 0 Å².